The predicted octanol–water partition coefficient (Wildman–Crippen LogP) is 3.76. The van der Waals surface area contributed by atoms with E-state index in [4.69, 9.17) is 4.74 Å². The summed E-state index contributed by atoms with van der Waals surface area (Å²) in [7, 11) is 0. The summed E-state index contributed by atoms with van der Waals surface area (Å²) >= 11 is 0. The number of nitrogens with one attached hydrogen (secondary N) is 1. The van der Waals surface area contributed by atoms with Crippen LogP contribution in [-0.4, -0.2) is 28.7 Å². The maximum atomic E-state index is 11.1. The summed E-state index contributed by atoms with van der Waals surface area (Å²) in [4.78, 5) is 11.1. The van der Waals surface area contributed by atoms with Gasteiger partial charge in [0.25, 0.3) is 0 Å². The maximum Gasteiger partial charge on any atom is 0.153 e. The van der Waals surface area contributed by atoms with Crippen molar-refractivity contribution in [1.82, 2.24) is 10.2 Å². The van der Waals surface area contributed by atoms with Crippen molar-refractivity contribution >= 4 is 11.9 Å². The molecule has 1 aromatic heterocycles. The first-order chi connectivity index (χ1) is 9.74. The number of hydrogen-bond donors (Lipinski definition) is 1. The standard InChI is InChI=1S/C16H24N2O2/c1-3-5-6-8-16(4-2)10-13(7-9-20-16)15-14(12-19)11-17-18-15/h10-12H,3-9H2,1-2H3,(H,17,18). The van der Waals surface area contributed by atoms with Crippen molar-refractivity contribution in [3.63, 3.8) is 0 Å². The lowest BCUT2D eigenvalue weighted by atomic mass is 9.87. The van der Waals surface area contributed by atoms with Crippen LogP contribution in [0, 0.1) is 0 Å². The normalized spacial score (nSPS) is 22.6. The van der Waals surface area contributed by atoms with Crippen LogP contribution < -0.4 is 0 Å². The number of unbranched alkanes of at least 4 members (excludes halogenated alkanes) is 2. The number of aromatic amines is 1. The Morgan fingerprint density at radius 2 is 2.30 bits per heavy atom. The Hall–Kier alpha value is -1.42. The van der Waals surface area contributed by atoms with Crippen LogP contribution in [0.15, 0.2) is 12.3 Å². The van der Waals surface area contributed by atoms with E-state index < -0.39 is 0 Å². The molecular weight excluding hydrogens is 252 g/mol. The molecule has 1 N–H and O–H groups in total. The van der Waals surface area contributed by atoms with E-state index in [2.05, 4.69) is 30.1 Å². The first kappa shape index (κ1) is 15.0. The molecule has 0 amide bonds. The summed E-state index contributed by atoms with van der Waals surface area (Å²) in [5.74, 6) is 0. The zero-order valence-electron chi connectivity index (χ0n) is 12.4. The van der Waals surface area contributed by atoms with Gasteiger partial charge in [0, 0.05) is 0 Å². The Labute approximate surface area is 120 Å². The molecule has 1 aliphatic heterocycles. The van der Waals surface area contributed by atoms with E-state index >= 15 is 0 Å². The lowest BCUT2D eigenvalue weighted by molar-refractivity contribution is -0.0222. The minimum atomic E-state index is -0.173. The van der Waals surface area contributed by atoms with Crippen LogP contribution in [0.2, 0.25) is 0 Å². The van der Waals surface area contributed by atoms with Gasteiger partial charge in [-0.05, 0) is 30.9 Å². The highest BCUT2D eigenvalue weighted by atomic mass is 16.5. The van der Waals surface area contributed by atoms with Gasteiger partial charge in [-0.25, -0.2) is 0 Å². The molecule has 4 heteroatoms. The molecule has 0 bridgehead atoms. The minimum absolute atomic E-state index is 0.173. The van der Waals surface area contributed by atoms with Crippen molar-refractivity contribution in [2.24, 2.45) is 0 Å². The highest BCUT2D eigenvalue weighted by Gasteiger charge is 2.30. The van der Waals surface area contributed by atoms with Crippen LogP contribution in [0.25, 0.3) is 5.57 Å². The zero-order chi connectivity index (χ0) is 14.4. The highest BCUT2D eigenvalue weighted by Crippen LogP contribution is 2.35. The summed E-state index contributed by atoms with van der Waals surface area (Å²) in [5, 5.41) is 6.93. The second-order valence-corrected chi connectivity index (χ2v) is 5.46. The van der Waals surface area contributed by atoms with Gasteiger partial charge in [-0.1, -0.05) is 33.1 Å². The molecule has 0 aromatic carbocycles. The zero-order valence-corrected chi connectivity index (χ0v) is 12.4. The number of rotatable bonds is 7. The lowest BCUT2D eigenvalue weighted by Gasteiger charge is -2.35. The molecule has 1 atom stereocenters. The molecule has 2 heterocycles. The molecule has 0 radical (unpaired) electrons. The van der Waals surface area contributed by atoms with Gasteiger partial charge >= 0.3 is 0 Å². The van der Waals surface area contributed by atoms with Gasteiger partial charge in [-0.15, -0.1) is 0 Å². The second kappa shape index (κ2) is 6.84. The molecule has 0 saturated heterocycles. The molecule has 1 aliphatic rings. The van der Waals surface area contributed by atoms with Crippen molar-refractivity contribution in [3.05, 3.63) is 23.5 Å². The molecule has 2 rings (SSSR count). The number of H-pyrrole nitrogens is 1. The third-order valence-corrected chi connectivity index (χ3v) is 4.12. The van der Waals surface area contributed by atoms with Crippen LogP contribution in [0.3, 0.4) is 0 Å². The molecule has 110 valence electrons. The fraction of sp³-hybridized carbons (Fsp3) is 0.625. The van der Waals surface area contributed by atoms with Gasteiger partial charge in [0.1, 0.15) is 0 Å². The first-order valence-electron chi connectivity index (χ1n) is 7.59. The molecule has 1 aromatic rings. The molecule has 0 saturated carbocycles. The summed E-state index contributed by atoms with van der Waals surface area (Å²) in [6, 6.07) is 0. The number of carbonyl (C=O) groups is 1. The molecule has 20 heavy (non-hydrogen) atoms. The Bertz CT molecular complexity index is 479. The topological polar surface area (TPSA) is 55.0 Å². The van der Waals surface area contributed by atoms with Crippen LogP contribution in [0.5, 0.6) is 0 Å². The summed E-state index contributed by atoms with van der Waals surface area (Å²) in [6.45, 7) is 5.09. The molecular formula is C16H24N2O2. The molecule has 0 aliphatic carbocycles. The van der Waals surface area contributed by atoms with Crippen LogP contribution in [0.1, 0.15) is 68.4 Å². The average molecular weight is 276 g/mol. The number of hydrogen-bond acceptors (Lipinski definition) is 3. The third-order valence-electron chi connectivity index (χ3n) is 4.12. The number of ether oxygens (including phenoxy) is 1. The molecule has 4 nitrogen and oxygen atoms in total. The second-order valence-electron chi connectivity index (χ2n) is 5.46. The maximum absolute atomic E-state index is 11.1. The molecule has 0 spiro atoms. The smallest absolute Gasteiger partial charge is 0.153 e. The monoisotopic (exact) mass is 276 g/mol. The lowest BCUT2D eigenvalue weighted by Crippen LogP contribution is -2.33. The predicted molar refractivity (Wildman–Crippen MR) is 79.7 cm³/mol. The third kappa shape index (κ3) is 3.18. The van der Waals surface area contributed by atoms with Gasteiger partial charge in [-0.2, -0.15) is 5.10 Å². The van der Waals surface area contributed by atoms with E-state index in [0.29, 0.717) is 12.2 Å². The van der Waals surface area contributed by atoms with Gasteiger partial charge in [-0.3, -0.25) is 9.89 Å². The number of nitrogens with zero attached hydrogens (tertiary/aromatic N) is 1. The van der Waals surface area contributed by atoms with E-state index in [0.717, 1.165) is 36.8 Å². The molecule has 1 unspecified atom stereocenters. The highest BCUT2D eigenvalue weighted by molar-refractivity contribution is 5.84. The van der Waals surface area contributed by atoms with Crippen molar-refractivity contribution in [2.45, 2.75) is 58.0 Å². The summed E-state index contributed by atoms with van der Waals surface area (Å²) in [5.41, 5.74) is 2.48. The summed E-state index contributed by atoms with van der Waals surface area (Å²) in [6.07, 6.45) is 11.1. The van der Waals surface area contributed by atoms with Crippen molar-refractivity contribution in [2.75, 3.05) is 6.61 Å². The van der Waals surface area contributed by atoms with Crippen LogP contribution in [-0.2, 0) is 4.74 Å². The fourth-order valence-electron chi connectivity index (χ4n) is 2.83. The largest absolute Gasteiger partial charge is 0.371 e. The number of aldehydes is 1. The van der Waals surface area contributed by atoms with Gasteiger partial charge < -0.3 is 4.74 Å². The van der Waals surface area contributed by atoms with Gasteiger partial charge in [0.05, 0.1) is 29.7 Å². The van der Waals surface area contributed by atoms with Crippen LogP contribution >= 0.6 is 0 Å². The Balaban J connectivity index is 2.22. The Morgan fingerprint density at radius 1 is 1.45 bits per heavy atom. The van der Waals surface area contributed by atoms with Crippen molar-refractivity contribution in [3.8, 4) is 0 Å². The summed E-state index contributed by atoms with van der Waals surface area (Å²) < 4.78 is 6.06. The Morgan fingerprint density at radius 3 is 3.00 bits per heavy atom. The van der Waals surface area contributed by atoms with E-state index in [1.807, 2.05) is 0 Å². The minimum Gasteiger partial charge on any atom is -0.371 e. The van der Waals surface area contributed by atoms with Crippen molar-refractivity contribution < 1.29 is 9.53 Å². The van der Waals surface area contributed by atoms with E-state index in [9.17, 15) is 4.79 Å². The Kier molecular flexibility index (Phi) is 5.12. The first-order valence-corrected chi connectivity index (χ1v) is 7.59. The van der Waals surface area contributed by atoms with Crippen molar-refractivity contribution in [1.29, 1.82) is 0 Å². The molecule has 0 fully saturated rings. The average Bonchev–Trinajstić information content (AvgIpc) is 2.96. The van der Waals surface area contributed by atoms with E-state index in [1.165, 1.54) is 19.3 Å². The van der Waals surface area contributed by atoms with E-state index in [1.54, 1.807) is 6.20 Å². The number of aromatic nitrogens is 2. The van der Waals surface area contributed by atoms with Crippen LogP contribution in [0.4, 0.5) is 0 Å². The number of carbonyl (C=O) groups excluding carboxylic acids is 1. The van der Waals surface area contributed by atoms with Gasteiger partial charge in [0.15, 0.2) is 6.29 Å². The van der Waals surface area contributed by atoms with E-state index in [-0.39, 0.29) is 5.60 Å². The quantitative estimate of drug-likeness (QED) is 0.609. The van der Waals surface area contributed by atoms with Gasteiger partial charge in [0.2, 0.25) is 0 Å². The fourth-order valence-corrected chi connectivity index (χ4v) is 2.83. The SMILES string of the molecule is CCCCCC1(CC)C=C(c2[nH]ncc2C=O)CCO1.